The molecule has 0 saturated carbocycles. The Labute approximate surface area is 218 Å². The van der Waals surface area contributed by atoms with Gasteiger partial charge >= 0.3 is 0 Å². The summed E-state index contributed by atoms with van der Waals surface area (Å²) in [6.45, 7) is 11.8. The molecule has 6 aromatic rings. The van der Waals surface area contributed by atoms with Gasteiger partial charge < -0.3 is 4.42 Å². The van der Waals surface area contributed by atoms with Crippen LogP contribution >= 0.6 is 0 Å². The van der Waals surface area contributed by atoms with Gasteiger partial charge in [-0.2, -0.15) is 0 Å². The van der Waals surface area contributed by atoms with Crippen LogP contribution in [0.15, 0.2) is 77.3 Å². The third kappa shape index (κ3) is 3.08. The summed E-state index contributed by atoms with van der Waals surface area (Å²) in [6.07, 6.45) is 4.55. The summed E-state index contributed by atoms with van der Waals surface area (Å²) < 4.78 is 9.29. The number of rotatable bonds is 1. The third-order valence-electron chi connectivity index (χ3n) is 9.06. The van der Waals surface area contributed by atoms with Gasteiger partial charge in [0.05, 0.1) is 10.9 Å². The summed E-state index contributed by atoms with van der Waals surface area (Å²) in [5.41, 5.74) is 8.83. The van der Waals surface area contributed by atoms with Gasteiger partial charge in [-0.1, -0.05) is 76.2 Å². The quantitative estimate of drug-likeness (QED) is 0.213. The van der Waals surface area contributed by atoms with Crippen molar-refractivity contribution >= 4 is 43.5 Å². The van der Waals surface area contributed by atoms with Crippen LogP contribution in [0, 0.1) is 6.92 Å². The smallest absolute Gasteiger partial charge is 0.224 e. The number of aryl methyl sites for hydroxylation is 2. The largest absolute Gasteiger partial charge is 0.454 e. The van der Waals surface area contributed by atoms with E-state index in [-0.39, 0.29) is 10.8 Å². The number of fused-ring (bicyclic) bond motifs is 8. The Balaban J connectivity index is 1.66. The van der Waals surface area contributed by atoms with Gasteiger partial charge in [0.25, 0.3) is 0 Å². The van der Waals surface area contributed by atoms with Gasteiger partial charge in [-0.3, -0.25) is 0 Å². The van der Waals surface area contributed by atoms with Crippen molar-refractivity contribution in [1.82, 2.24) is 0 Å². The van der Waals surface area contributed by atoms with Gasteiger partial charge in [0.15, 0.2) is 6.20 Å². The summed E-state index contributed by atoms with van der Waals surface area (Å²) in [5.74, 6) is 0. The maximum absolute atomic E-state index is 7.05. The molecule has 37 heavy (non-hydrogen) atoms. The first-order valence-electron chi connectivity index (χ1n) is 13.5. The molecule has 2 heterocycles. The predicted octanol–water partition coefficient (Wildman–Crippen LogP) is 9.04. The van der Waals surface area contributed by atoms with E-state index in [0.29, 0.717) is 0 Å². The van der Waals surface area contributed by atoms with E-state index < -0.39 is 0 Å². The molecular formula is C35H34NO+. The molecule has 2 aromatic heterocycles. The Hall–Kier alpha value is -3.65. The number of hydrogen-bond donors (Lipinski definition) is 0. The molecule has 1 aliphatic rings. The molecule has 0 amide bonds. The van der Waals surface area contributed by atoms with E-state index in [0.717, 1.165) is 11.2 Å². The molecule has 0 radical (unpaired) electrons. The minimum absolute atomic E-state index is 0.0957. The molecule has 0 unspecified atom stereocenters. The highest BCUT2D eigenvalue weighted by Gasteiger charge is 2.39. The summed E-state index contributed by atoms with van der Waals surface area (Å²) in [4.78, 5) is 0. The molecule has 2 heteroatoms. The van der Waals surface area contributed by atoms with Crippen LogP contribution in [0.1, 0.15) is 57.2 Å². The molecular weight excluding hydrogens is 450 g/mol. The van der Waals surface area contributed by atoms with Crippen LogP contribution in [0.25, 0.3) is 54.7 Å². The number of aromatic nitrogens is 1. The van der Waals surface area contributed by atoms with Gasteiger partial charge in [-0.15, -0.1) is 0 Å². The first-order chi connectivity index (χ1) is 17.7. The number of hydrogen-bond acceptors (Lipinski definition) is 1. The first kappa shape index (κ1) is 22.5. The van der Waals surface area contributed by atoms with Crippen molar-refractivity contribution in [2.45, 2.75) is 58.3 Å². The third-order valence-corrected chi connectivity index (χ3v) is 9.06. The molecule has 0 bridgehead atoms. The van der Waals surface area contributed by atoms with E-state index in [1.807, 2.05) is 0 Å². The van der Waals surface area contributed by atoms with E-state index in [1.54, 1.807) is 0 Å². The van der Waals surface area contributed by atoms with E-state index >= 15 is 0 Å². The van der Waals surface area contributed by atoms with E-state index in [4.69, 9.17) is 4.42 Å². The molecule has 7 rings (SSSR count). The standard InChI is InChI=1S/C35H34NO/c1-21-11-14-25-26-15-12-23-13-16-27-30(35(4,5)19-18-34(27,2)3)29(23)33(26)37-32(25)28(21)31-24-10-8-7-9-22(24)17-20-36(31)6/h7-17,20H,18-19H2,1-6H3/q+1. The summed E-state index contributed by atoms with van der Waals surface area (Å²) >= 11 is 0. The van der Waals surface area contributed by atoms with Gasteiger partial charge in [0.1, 0.15) is 18.2 Å². The Morgan fingerprint density at radius 1 is 0.703 bits per heavy atom. The summed E-state index contributed by atoms with van der Waals surface area (Å²) in [5, 5.41) is 7.45. The number of nitrogens with zero attached hydrogens (tertiary/aromatic N) is 1. The lowest BCUT2D eigenvalue weighted by Crippen LogP contribution is -2.34. The minimum Gasteiger partial charge on any atom is -0.454 e. The fraction of sp³-hybridized carbons (Fsp3) is 0.286. The van der Waals surface area contributed by atoms with Crippen LogP contribution in [0.2, 0.25) is 0 Å². The second-order valence-electron chi connectivity index (χ2n) is 12.4. The van der Waals surface area contributed by atoms with E-state index in [9.17, 15) is 0 Å². The SMILES string of the molecule is Cc1ccc2c(oc3c2ccc2ccc4c(c23)C(C)(C)CCC4(C)C)c1-c1c2ccccc2cc[n+]1C. The molecule has 4 aromatic carbocycles. The Bertz CT molecular complexity index is 1900. The van der Waals surface area contributed by atoms with Crippen LogP contribution in [0.4, 0.5) is 0 Å². The van der Waals surface area contributed by atoms with Crippen molar-refractivity contribution in [2.75, 3.05) is 0 Å². The highest BCUT2D eigenvalue weighted by molar-refractivity contribution is 6.19. The normalized spacial score (nSPS) is 16.6. The molecule has 0 saturated heterocycles. The second kappa shape index (κ2) is 7.44. The van der Waals surface area contributed by atoms with Crippen molar-refractivity contribution in [1.29, 1.82) is 0 Å². The second-order valence-corrected chi connectivity index (χ2v) is 12.4. The zero-order valence-corrected chi connectivity index (χ0v) is 22.7. The zero-order valence-electron chi connectivity index (χ0n) is 22.7. The van der Waals surface area contributed by atoms with Crippen LogP contribution in [-0.2, 0) is 17.9 Å². The van der Waals surface area contributed by atoms with Crippen molar-refractivity contribution in [3.8, 4) is 11.3 Å². The Morgan fingerprint density at radius 3 is 2.24 bits per heavy atom. The average molecular weight is 485 g/mol. The van der Waals surface area contributed by atoms with Crippen LogP contribution in [0.5, 0.6) is 0 Å². The summed E-state index contributed by atoms with van der Waals surface area (Å²) in [7, 11) is 2.14. The highest BCUT2D eigenvalue weighted by Crippen LogP contribution is 2.51. The van der Waals surface area contributed by atoms with E-state index in [2.05, 4.69) is 119 Å². The molecule has 1 aliphatic carbocycles. The molecule has 0 aliphatic heterocycles. The minimum atomic E-state index is 0.0957. The lowest BCUT2D eigenvalue weighted by atomic mass is 9.62. The fourth-order valence-electron chi connectivity index (χ4n) is 6.88. The topological polar surface area (TPSA) is 17.0 Å². The van der Waals surface area contributed by atoms with Crippen molar-refractivity contribution in [2.24, 2.45) is 7.05 Å². The monoisotopic (exact) mass is 484 g/mol. The highest BCUT2D eigenvalue weighted by atomic mass is 16.3. The van der Waals surface area contributed by atoms with Gasteiger partial charge in [0, 0.05) is 22.2 Å². The van der Waals surface area contributed by atoms with Crippen molar-refractivity contribution in [3.63, 3.8) is 0 Å². The predicted molar refractivity (Wildman–Crippen MR) is 155 cm³/mol. The maximum atomic E-state index is 7.05. The molecule has 0 spiro atoms. The molecule has 184 valence electrons. The van der Waals surface area contributed by atoms with Gasteiger partial charge in [-0.05, 0) is 70.2 Å². The number of benzene rings is 4. The van der Waals surface area contributed by atoms with Crippen molar-refractivity contribution in [3.05, 3.63) is 89.6 Å². The molecule has 0 N–H and O–H groups in total. The van der Waals surface area contributed by atoms with E-state index in [1.165, 1.54) is 73.1 Å². The number of pyridine rings is 1. The Morgan fingerprint density at radius 2 is 1.41 bits per heavy atom. The zero-order chi connectivity index (χ0) is 25.7. The van der Waals surface area contributed by atoms with Gasteiger partial charge in [0.2, 0.25) is 5.69 Å². The maximum Gasteiger partial charge on any atom is 0.224 e. The molecule has 2 nitrogen and oxygen atoms in total. The summed E-state index contributed by atoms with van der Waals surface area (Å²) in [6, 6.07) is 24.6. The fourth-order valence-corrected chi connectivity index (χ4v) is 6.88. The number of furan rings is 1. The molecule has 0 atom stereocenters. The van der Waals surface area contributed by atoms with Gasteiger partial charge in [-0.25, -0.2) is 4.57 Å². The lowest BCUT2D eigenvalue weighted by molar-refractivity contribution is -0.659. The van der Waals surface area contributed by atoms with Crippen LogP contribution in [0.3, 0.4) is 0 Å². The Kier molecular flexibility index (Phi) is 4.54. The lowest BCUT2D eigenvalue weighted by Gasteiger charge is -2.42. The molecule has 0 fully saturated rings. The van der Waals surface area contributed by atoms with Crippen LogP contribution in [-0.4, -0.2) is 0 Å². The first-order valence-corrected chi connectivity index (χ1v) is 13.5. The average Bonchev–Trinajstić information content (AvgIpc) is 3.26. The van der Waals surface area contributed by atoms with Crippen molar-refractivity contribution < 1.29 is 8.98 Å². The van der Waals surface area contributed by atoms with Crippen LogP contribution < -0.4 is 4.57 Å².